The number of aromatic nitrogens is 2. The molecule has 0 unspecified atom stereocenters. The molecule has 2 aromatic rings. The number of benzene rings is 1. The first-order valence-corrected chi connectivity index (χ1v) is 8.54. The second-order valence-corrected chi connectivity index (χ2v) is 6.56. The van der Waals surface area contributed by atoms with Gasteiger partial charge < -0.3 is 4.74 Å². The smallest absolute Gasteiger partial charge is 0.125 e. The van der Waals surface area contributed by atoms with Crippen molar-refractivity contribution in [3.8, 4) is 5.75 Å². The highest BCUT2D eigenvalue weighted by molar-refractivity contribution is 5.39. The minimum atomic E-state index is 0.651. The lowest BCUT2D eigenvalue weighted by Gasteiger charge is -2.31. The third-order valence-electron chi connectivity index (χ3n) is 4.93. The monoisotopic (exact) mass is 313 g/mol. The molecule has 1 aromatic carbocycles. The fraction of sp³-hybridized carbons (Fsp3) is 0.526. The van der Waals surface area contributed by atoms with Crippen molar-refractivity contribution in [1.82, 2.24) is 14.7 Å². The zero-order chi connectivity index (χ0) is 16.2. The van der Waals surface area contributed by atoms with Crippen LogP contribution in [0, 0.1) is 13.8 Å². The van der Waals surface area contributed by atoms with E-state index >= 15 is 0 Å². The lowest BCUT2D eigenvalue weighted by molar-refractivity contribution is 0.171. The predicted molar refractivity (Wildman–Crippen MR) is 93.0 cm³/mol. The highest BCUT2D eigenvalue weighted by Crippen LogP contribution is 2.27. The minimum Gasteiger partial charge on any atom is -0.492 e. The number of rotatable bonds is 5. The number of hydrogen-bond acceptors (Lipinski definition) is 3. The van der Waals surface area contributed by atoms with Gasteiger partial charge in [0, 0.05) is 31.4 Å². The number of nitrogens with zero attached hydrogens (tertiary/aromatic N) is 3. The van der Waals surface area contributed by atoms with Crippen molar-refractivity contribution in [2.45, 2.75) is 32.6 Å². The van der Waals surface area contributed by atoms with E-state index in [1.807, 2.05) is 17.9 Å². The molecular formula is C19H27N3O. The molecule has 0 amide bonds. The van der Waals surface area contributed by atoms with E-state index in [1.165, 1.54) is 29.7 Å². The molecule has 1 aromatic heterocycles. The molecule has 0 N–H and O–H groups in total. The molecule has 23 heavy (non-hydrogen) atoms. The molecule has 1 saturated heterocycles. The molecule has 4 heteroatoms. The van der Waals surface area contributed by atoms with Gasteiger partial charge in [0.2, 0.25) is 0 Å². The first-order chi connectivity index (χ1) is 11.1. The third-order valence-corrected chi connectivity index (χ3v) is 4.93. The van der Waals surface area contributed by atoms with Gasteiger partial charge in [0.15, 0.2) is 0 Å². The third kappa shape index (κ3) is 3.75. The van der Waals surface area contributed by atoms with Crippen molar-refractivity contribution in [1.29, 1.82) is 0 Å². The van der Waals surface area contributed by atoms with Gasteiger partial charge in [0.25, 0.3) is 0 Å². The topological polar surface area (TPSA) is 30.3 Å². The number of ether oxygens (including phenoxy) is 1. The summed E-state index contributed by atoms with van der Waals surface area (Å²) in [5.41, 5.74) is 3.82. The molecule has 0 saturated carbocycles. The molecule has 124 valence electrons. The van der Waals surface area contributed by atoms with Crippen LogP contribution in [0.3, 0.4) is 0 Å². The summed E-state index contributed by atoms with van der Waals surface area (Å²) in [6, 6.07) is 8.47. The lowest BCUT2D eigenvalue weighted by atomic mass is 9.93. The van der Waals surface area contributed by atoms with Gasteiger partial charge in [-0.3, -0.25) is 9.58 Å². The molecule has 3 rings (SSSR count). The lowest BCUT2D eigenvalue weighted by Crippen LogP contribution is -2.36. The second-order valence-electron chi connectivity index (χ2n) is 6.56. The minimum absolute atomic E-state index is 0.651. The standard InChI is InChI=1S/C19H27N3O/c1-15-5-4-6-16(2)19(15)23-14-13-22-11-8-17(9-12-22)18-7-10-20-21(18)3/h4-7,10,17H,8-9,11-14H2,1-3H3. The van der Waals surface area contributed by atoms with E-state index in [2.05, 4.69) is 48.1 Å². The molecule has 1 aliphatic rings. The van der Waals surface area contributed by atoms with E-state index in [4.69, 9.17) is 4.74 Å². The van der Waals surface area contributed by atoms with Gasteiger partial charge in [-0.05, 0) is 57.0 Å². The van der Waals surface area contributed by atoms with Crippen molar-refractivity contribution in [3.63, 3.8) is 0 Å². The van der Waals surface area contributed by atoms with Crippen LogP contribution in [0.2, 0.25) is 0 Å². The summed E-state index contributed by atoms with van der Waals surface area (Å²) in [4.78, 5) is 2.51. The summed E-state index contributed by atoms with van der Waals surface area (Å²) in [5, 5.41) is 4.29. The van der Waals surface area contributed by atoms with E-state index in [0.29, 0.717) is 5.92 Å². The molecule has 0 radical (unpaired) electrons. The highest BCUT2D eigenvalue weighted by atomic mass is 16.5. The normalized spacial score (nSPS) is 16.7. The molecule has 1 aliphatic heterocycles. The molecule has 0 spiro atoms. The summed E-state index contributed by atoms with van der Waals surface area (Å²) < 4.78 is 8.05. The average molecular weight is 313 g/mol. The zero-order valence-electron chi connectivity index (χ0n) is 14.5. The maximum atomic E-state index is 6.03. The summed E-state index contributed by atoms with van der Waals surface area (Å²) >= 11 is 0. The Balaban J connectivity index is 1.45. The van der Waals surface area contributed by atoms with Crippen LogP contribution < -0.4 is 4.74 Å². The van der Waals surface area contributed by atoms with Crippen LogP contribution in [0.4, 0.5) is 0 Å². The van der Waals surface area contributed by atoms with E-state index in [9.17, 15) is 0 Å². The van der Waals surface area contributed by atoms with Crippen molar-refractivity contribution in [2.75, 3.05) is 26.2 Å². The Morgan fingerprint density at radius 3 is 2.43 bits per heavy atom. The van der Waals surface area contributed by atoms with Crippen LogP contribution in [0.1, 0.15) is 35.6 Å². The van der Waals surface area contributed by atoms with Crippen molar-refractivity contribution in [3.05, 3.63) is 47.3 Å². The SMILES string of the molecule is Cc1cccc(C)c1OCCN1CCC(c2ccnn2C)CC1. The Hall–Kier alpha value is -1.81. The second kappa shape index (κ2) is 7.18. The maximum Gasteiger partial charge on any atom is 0.125 e. The Bertz CT molecular complexity index is 622. The first-order valence-electron chi connectivity index (χ1n) is 8.54. The van der Waals surface area contributed by atoms with Crippen LogP contribution in [0.15, 0.2) is 30.5 Å². The van der Waals surface area contributed by atoms with E-state index in [1.54, 1.807) is 0 Å². The van der Waals surface area contributed by atoms with E-state index in [0.717, 1.165) is 32.0 Å². The van der Waals surface area contributed by atoms with Gasteiger partial charge in [-0.1, -0.05) is 18.2 Å². The van der Waals surface area contributed by atoms with Gasteiger partial charge in [-0.25, -0.2) is 0 Å². The average Bonchev–Trinajstić information content (AvgIpc) is 2.97. The molecule has 0 bridgehead atoms. The van der Waals surface area contributed by atoms with Gasteiger partial charge in [-0.15, -0.1) is 0 Å². The summed E-state index contributed by atoms with van der Waals surface area (Å²) in [7, 11) is 2.04. The fourth-order valence-corrected chi connectivity index (χ4v) is 3.54. The van der Waals surface area contributed by atoms with Gasteiger partial charge in [0.05, 0.1) is 0 Å². The molecular weight excluding hydrogens is 286 g/mol. The Morgan fingerprint density at radius 2 is 1.83 bits per heavy atom. The maximum absolute atomic E-state index is 6.03. The van der Waals surface area contributed by atoms with Crippen LogP contribution in [-0.2, 0) is 7.05 Å². The number of para-hydroxylation sites is 1. The molecule has 0 aliphatic carbocycles. The molecule has 1 fully saturated rings. The van der Waals surface area contributed by atoms with Gasteiger partial charge in [0.1, 0.15) is 12.4 Å². The van der Waals surface area contributed by atoms with E-state index in [-0.39, 0.29) is 0 Å². The van der Waals surface area contributed by atoms with E-state index < -0.39 is 0 Å². The quantitative estimate of drug-likeness (QED) is 0.848. The number of piperidine rings is 1. The van der Waals surface area contributed by atoms with Crippen LogP contribution in [-0.4, -0.2) is 40.9 Å². The number of aryl methyl sites for hydroxylation is 3. The Morgan fingerprint density at radius 1 is 1.13 bits per heavy atom. The Kier molecular flexibility index (Phi) is 5.01. The van der Waals surface area contributed by atoms with Gasteiger partial charge >= 0.3 is 0 Å². The van der Waals surface area contributed by atoms with Crippen LogP contribution in [0.25, 0.3) is 0 Å². The predicted octanol–water partition coefficient (Wildman–Crippen LogP) is 3.30. The largest absolute Gasteiger partial charge is 0.492 e. The molecule has 4 nitrogen and oxygen atoms in total. The number of hydrogen-bond donors (Lipinski definition) is 0. The highest BCUT2D eigenvalue weighted by Gasteiger charge is 2.22. The van der Waals surface area contributed by atoms with Crippen LogP contribution in [0.5, 0.6) is 5.75 Å². The molecule has 2 heterocycles. The Labute approximate surface area is 139 Å². The van der Waals surface area contributed by atoms with Crippen molar-refractivity contribution < 1.29 is 4.74 Å². The zero-order valence-corrected chi connectivity index (χ0v) is 14.5. The molecule has 0 atom stereocenters. The van der Waals surface area contributed by atoms with Crippen molar-refractivity contribution >= 4 is 0 Å². The van der Waals surface area contributed by atoms with Crippen molar-refractivity contribution in [2.24, 2.45) is 7.05 Å². The fourth-order valence-electron chi connectivity index (χ4n) is 3.54. The van der Waals surface area contributed by atoms with Gasteiger partial charge in [-0.2, -0.15) is 5.10 Å². The first kappa shape index (κ1) is 16.1. The summed E-state index contributed by atoms with van der Waals surface area (Å²) in [5.74, 6) is 1.70. The van der Waals surface area contributed by atoms with Crippen LogP contribution >= 0.6 is 0 Å². The number of likely N-dealkylation sites (tertiary alicyclic amines) is 1. The summed E-state index contributed by atoms with van der Waals surface area (Å²) in [6.07, 6.45) is 4.33. The summed E-state index contributed by atoms with van der Waals surface area (Å²) in [6.45, 7) is 8.29.